The van der Waals surface area contributed by atoms with Crippen LogP contribution in [0.4, 0.5) is 0 Å². The molecule has 0 amide bonds. The molecular weight excluding hydrogens is 280 g/mol. The van der Waals surface area contributed by atoms with Gasteiger partial charge in [-0.25, -0.2) is 4.79 Å². The molecule has 0 heterocycles. The van der Waals surface area contributed by atoms with E-state index in [-0.39, 0.29) is 18.2 Å². The molecule has 2 unspecified atom stereocenters. The van der Waals surface area contributed by atoms with Gasteiger partial charge in [-0.2, -0.15) is 0 Å². The lowest BCUT2D eigenvalue weighted by atomic mass is 9.48. The highest BCUT2D eigenvalue weighted by molar-refractivity contribution is 5.81. The van der Waals surface area contributed by atoms with E-state index in [0.717, 1.165) is 37.2 Å². The fourth-order valence-electron chi connectivity index (χ4n) is 5.49. The quantitative estimate of drug-likeness (QED) is 0.429. The molecule has 4 saturated carbocycles. The number of hydrogen-bond acceptors (Lipinski definition) is 4. The molecule has 4 heteroatoms. The average Bonchev–Trinajstić information content (AvgIpc) is 2.39. The molecular formula is C18H26O4. The zero-order valence-electron chi connectivity index (χ0n) is 13.4. The van der Waals surface area contributed by atoms with Crippen LogP contribution in [-0.4, -0.2) is 24.1 Å². The van der Waals surface area contributed by atoms with Gasteiger partial charge in [0.2, 0.25) is 0 Å². The predicted molar refractivity (Wildman–Crippen MR) is 82.0 cm³/mol. The summed E-state index contributed by atoms with van der Waals surface area (Å²) in [6.45, 7) is 5.95. The van der Waals surface area contributed by atoms with Gasteiger partial charge >= 0.3 is 11.9 Å². The maximum Gasteiger partial charge on any atom is 0.330 e. The Bertz CT molecular complexity index is 467. The van der Waals surface area contributed by atoms with Crippen LogP contribution in [0, 0.1) is 17.3 Å². The second kappa shape index (κ2) is 5.71. The third-order valence-corrected chi connectivity index (χ3v) is 5.57. The molecule has 0 saturated heterocycles. The molecule has 0 aromatic carbocycles. The first-order valence-electron chi connectivity index (χ1n) is 8.43. The monoisotopic (exact) mass is 306 g/mol. The summed E-state index contributed by atoms with van der Waals surface area (Å²) in [7, 11) is 0. The molecule has 0 radical (unpaired) electrons. The lowest BCUT2D eigenvalue weighted by Gasteiger charge is -2.60. The van der Waals surface area contributed by atoms with Crippen molar-refractivity contribution >= 4 is 11.9 Å². The Morgan fingerprint density at radius 2 is 1.91 bits per heavy atom. The number of esters is 2. The third kappa shape index (κ3) is 3.21. The molecule has 22 heavy (non-hydrogen) atoms. The Kier molecular flexibility index (Phi) is 4.04. The van der Waals surface area contributed by atoms with Crippen LogP contribution in [-0.2, 0) is 19.1 Å². The van der Waals surface area contributed by atoms with Crippen LogP contribution in [0.5, 0.6) is 0 Å². The van der Waals surface area contributed by atoms with Crippen molar-refractivity contribution < 1.29 is 19.1 Å². The molecule has 0 aliphatic heterocycles. The van der Waals surface area contributed by atoms with E-state index in [1.165, 1.54) is 19.3 Å². The molecule has 0 aromatic rings. The van der Waals surface area contributed by atoms with Crippen LogP contribution in [0.15, 0.2) is 12.7 Å². The normalized spacial score (nSPS) is 38.6. The highest BCUT2D eigenvalue weighted by Gasteiger charge is 2.57. The average molecular weight is 306 g/mol. The summed E-state index contributed by atoms with van der Waals surface area (Å²) < 4.78 is 10.8. The molecule has 0 N–H and O–H groups in total. The number of hydrogen-bond donors (Lipinski definition) is 0. The fourth-order valence-corrected chi connectivity index (χ4v) is 5.49. The second-order valence-electron chi connectivity index (χ2n) is 7.90. The molecule has 4 nitrogen and oxygen atoms in total. The van der Waals surface area contributed by atoms with E-state index in [4.69, 9.17) is 9.47 Å². The van der Waals surface area contributed by atoms with E-state index in [1.54, 1.807) is 0 Å². The summed E-state index contributed by atoms with van der Waals surface area (Å²) in [5.74, 6) is 0.905. The van der Waals surface area contributed by atoms with Gasteiger partial charge in [0, 0.05) is 12.5 Å². The van der Waals surface area contributed by atoms with E-state index < -0.39 is 5.97 Å². The minimum Gasteiger partial charge on any atom is -0.463 e. The van der Waals surface area contributed by atoms with Gasteiger partial charge in [-0.15, -0.1) is 0 Å². The van der Waals surface area contributed by atoms with Crippen molar-refractivity contribution in [3.05, 3.63) is 12.7 Å². The Hall–Kier alpha value is -1.32. The Balaban J connectivity index is 1.49. The molecule has 122 valence electrons. The molecule has 4 aliphatic carbocycles. The number of carbonyl (C=O) groups is 2. The summed E-state index contributed by atoms with van der Waals surface area (Å²) in [5.41, 5.74) is 0.178. The minimum absolute atomic E-state index is 0.139. The van der Waals surface area contributed by atoms with Crippen LogP contribution in [0.25, 0.3) is 0 Å². The lowest BCUT2D eigenvalue weighted by Crippen LogP contribution is -2.56. The van der Waals surface area contributed by atoms with Gasteiger partial charge in [0.05, 0.1) is 6.61 Å². The first kappa shape index (κ1) is 15.6. The standard InChI is InChI=1S/C18H26O4/c1-3-15(19)21-6-4-5-16(20)22-18-10-13-7-14(11-18)9-17(2,8-13)12-18/h3,13-14H,1,4-12H2,2H3. The van der Waals surface area contributed by atoms with Gasteiger partial charge in [0.15, 0.2) is 0 Å². The highest BCUT2D eigenvalue weighted by atomic mass is 16.6. The molecule has 4 rings (SSSR count). The van der Waals surface area contributed by atoms with Crippen LogP contribution in [0.1, 0.15) is 58.3 Å². The van der Waals surface area contributed by atoms with E-state index in [1.807, 2.05) is 0 Å². The summed E-state index contributed by atoms with van der Waals surface area (Å²) in [4.78, 5) is 23.1. The van der Waals surface area contributed by atoms with Crippen molar-refractivity contribution in [2.24, 2.45) is 17.3 Å². The fraction of sp³-hybridized carbons (Fsp3) is 0.778. The smallest absolute Gasteiger partial charge is 0.330 e. The molecule has 4 fully saturated rings. The van der Waals surface area contributed by atoms with E-state index in [9.17, 15) is 9.59 Å². The van der Waals surface area contributed by atoms with E-state index in [0.29, 0.717) is 18.3 Å². The van der Waals surface area contributed by atoms with Crippen molar-refractivity contribution in [3.8, 4) is 0 Å². The SMILES string of the molecule is C=CC(=O)OCCCC(=O)OC12CC3CC(CC(C)(C3)C1)C2. The second-order valence-corrected chi connectivity index (χ2v) is 7.90. The summed E-state index contributed by atoms with van der Waals surface area (Å²) in [6.07, 6.45) is 9.04. The summed E-state index contributed by atoms with van der Waals surface area (Å²) in [5, 5.41) is 0. The van der Waals surface area contributed by atoms with Gasteiger partial charge in [-0.3, -0.25) is 4.79 Å². The third-order valence-electron chi connectivity index (χ3n) is 5.57. The van der Waals surface area contributed by atoms with Crippen LogP contribution in [0.3, 0.4) is 0 Å². The first-order valence-corrected chi connectivity index (χ1v) is 8.43. The van der Waals surface area contributed by atoms with Crippen LogP contribution < -0.4 is 0 Å². The Morgan fingerprint density at radius 1 is 1.23 bits per heavy atom. The van der Waals surface area contributed by atoms with Crippen molar-refractivity contribution in [1.29, 1.82) is 0 Å². The summed E-state index contributed by atoms with van der Waals surface area (Å²) in [6, 6.07) is 0. The molecule has 4 aliphatic rings. The molecule has 4 bridgehead atoms. The van der Waals surface area contributed by atoms with Crippen molar-refractivity contribution in [2.75, 3.05) is 6.61 Å². The minimum atomic E-state index is -0.442. The first-order chi connectivity index (χ1) is 10.4. The zero-order chi connectivity index (χ0) is 15.8. The Labute approximate surface area is 132 Å². The van der Waals surface area contributed by atoms with Gasteiger partial charge in [0.25, 0.3) is 0 Å². The highest BCUT2D eigenvalue weighted by Crippen LogP contribution is 2.62. The van der Waals surface area contributed by atoms with Gasteiger partial charge in [-0.05, 0) is 62.2 Å². The number of carbonyl (C=O) groups excluding carboxylic acids is 2. The maximum atomic E-state index is 12.2. The van der Waals surface area contributed by atoms with Crippen LogP contribution >= 0.6 is 0 Å². The van der Waals surface area contributed by atoms with Gasteiger partial charge < -0.3 is 9.47 Å². The van der Waals surface area contributed by atoms with Crippen LogP contribution in [0.2, 0.25) is 0 Å². The van der Waals surface area contributed by atoms with E-state index in [2.05, 4.69) is 13.5 Å². The lowest BCUT2D eigenvalue weighted by molar-refractivity contribution is -0.199. The molecule has 0 aromatic heterocycles. The number of ether oxygens (including phenoxy) is 2. The predicted octanol–water partition coefficient (Wildman–Crippen LogP) is 3.40. The molecule has 2 atom stereocenters. The molecule has 0 spiro atoms. The summed E-state index contributed by atoms with van der Waals surface area (Å²) >= 11 is 0. The maximum absolute atomic E-state index is 12.2. The van der Waals surface area contributed by atoms with Gasteiger partial charge in [0.1, 0.15) is 5.60 Å². The van der Waals surface area contributed by atoms with Crippen molar-refractivity contribution in [1.82, 2.24) is 0 Å². The van der Waals surface area contributed by atoms with Crippen molar-refractivity contribution in [2.45, 2.75) is 63.9 Å². The largest absolute Gasteiger partial charge is 0.463 e. The Morgan fingerprint density at radius 3 is 2.50 bits per heavy atom. The van der Waals surface area contributed by atoms with Gasteiger partial charge in [-0.1, -0.05) is 13.5 Å². The van der Waals surface area contributed by atoms with Crippen molar-refractivity contribution in [3.63, 3.8) is 0 Å². The zero-order valence-corrected chi connectivity index (χ0v) is 13.4. The topological polar surface area (TPSA) is 52.6 Å². The number of rotatable bonds is 6. The van der Waals surface area contributed by atoms with E-state index >= 15 is 0 Å².